The molecule has 2 aliphatic carbocycles. The molecule has 0 unspecified atom stereocenters. The number of rotatable bonds is 6. The summed E-state index contributed by atoms with van der Waals surface area (Å²) in [6, 6.07) is 22.4. The van der Waals surface area contributed by atoms with Crippen LogP contribution < -0.4 is 10.5 Å². The van der Waals surface area contributed by atoms with Crippen molar-refractivity contribution >= 4 is 28.1 Å². The van der Waals surface area contributed by atoms with Crippen LogP contribution in [0.15, 0.2) is 79.0 Å². The number of nitrogen functional groups attached to an aromatic ring is 1. The van der Waals surface area contributed by atoms with E-state index in [4.69, 9.17) is 10.5 Å². The number of carboxylic acids is 1. The maximum atomic E-state index is 11.3. The molecule has 180 valence electrons. The molecule has 0 aliphatic heterocycles. The van der Waals surface area contributed by atoms with Crippen molar-refractivity contribution in [3.63, 3.8) is 0 Å². The van der Waals surface area contributed by atoms with Crippen molar-refractivity contribution in [1.82, 2.24) is 4.98 Å². The van der Waals surface area contributed by atoms with Gasteiger partial charge in [-0.1, -0.05) is 67.4 Å². The number of hydrogen-bond donors (Lipinski definition) is 2. The standard InChI is InChI=1S/C31H28N2O3/c32-30-25-8-5-7-23(24(25)12-15-33-30)20-10-11-27-26(16-20)22(18-31(27)13-3-4-14-31)19-36-28-9-2-1-6-21(28)17-29(34)35/h1-2,5-12,15-16,18H,3-4,13-14,17,19H2,(H2,32,33)(H,34,35). The van der Waals surface area contributed by atoms with Gasteiger partial charge in [-0.05, 0) is 64.3 Å². The van der Waals surface area contributed by atoms with Crippen LogP contribution >= 0.6 is 0 Å². The highest BCUT2D eigenvalue weighted by Gasteiger charge is 2.40. The Labute approximate surface area is 210 Å². The minimum absolute atomic E-state index is 0.0566. The zero-order chi connectivity index (χ0) is 24.7. The van der Waals surface area contributed by atoms with E-state index in [9.17, 15) is 9.90 Å². The third kappa shape index (κ3) is 3.81. The minimum atomic E-state index is -0.864. The molecule has 1 spiro atoms. The first-order valence-corrected chi connectivity index (χ1v) is 12.5. The summed E-state index contributed by atoms with van der Waals surface area (Å²) in [5.41, 5.74) is 13.0. The number of anilines is 1. The third-order valence-electron chi connectivity index (χ3n) is 7.69. The average Bonchev–Trinajstić information content (AvgIpc) is 3.48. The predicted molar refractivity (Wildman–Crippen MR) is 143 cm³/mol. The number of carboxylic acid groups (broad SMARTS) is 1. The highest BCUT2D eigenvalue weighted by molar-refractivity contribution is 6.01. The van der Waals surface area contributed by atoms with Crippen molar-refractivity contribution in [3.05, 3.63) is 95.7 Å². The van der Waals surface area contributed by atoms with Crippen LogP contribution in [0.2, 0.25) is 0 Å². The van der Waals surface area contributed by atoms with Gasteiger partial charge in [-0.15, -0.1) is 0 Å². The number of pyridine rings is 1. The van der Waals surface area contributed by atoms with Gasteiger partial charge in [0.25, 0.3) is 0 Å². The van der Waals surface area contributed by atoms with Crippen LogP contribution in [-0.2, 0) is 16.6 Å². The maximum absolute atomic E-state index is 11.3. The Hall–Kier alpha value is -4.12. The lowest BCUT2D eigenvalue weighted by Gasteiger charge is -2.23. The second-order valence-corrected chi connectivity index (χ2v) is 9.86. The smallest absolute Gasteiger partial charge is 0.307 e. The summed E-state index contributed by atoms with van der Waals surface area (Å²) in [4.78, 5) is 15.6. The molecule has 1 heterocycles. The van der Waals surface area contributed by atoms with Gasteiger partial charge in [-0.25, -0.2) is 4.98 Å². The number of hydrogen-bond acceptors (Lipinski definition) is 4. The fourth-order valence-electron chi connectivity index (χ4n) is 6.03. The Morgan fingerprint density at radius 1 is 0.972 bits per heavy atom. The molecule has 3 N–H and O–H groups in total. The first-order valence-electron chi connectivity index (χ1n) is 12.5. The van der Waals surface area contributed by atoms with E-state index in [-0.39, 0.29) is 11.8 Å². The van der Waals surface area contributed by atoms with Crippen LogP contribution in [0.1, 0.15) is 42.4 Å². The lowest BCUT2D eigenvalue weighted by Crippen LogP contribution is -2.16. The Balaban J connectivity index is 1.39. The number of benzene rings is 3. The molecule has 5 nitrogen and oxygen atoms in total. The van der Waals surface area contributed by atoms with Gasteiger partial charge in [0.05, 0.1) is 6.42 Å². The molecular weight excluding hydrogens is 448 g/mol. The molecule has 1 saturated carbocycles. The molecule has 4 aromatic rings. The lowest BCUT2D eigenvalue weighted by molar-refractivity contribution is -0.136. The molecule has 6 rings (SSSR count). The second kappa shape index (κ2) is 8.83. The molecule has 3 aromatic carbocycles. The van der Waals surface area contributed by atoms with Gasteiger partial charge in [-0.3, -0.25) is 4.79 Å². The van der Waals surface area contributed by atoms with E-state index in [1.807, 2.05) is 42.5 Å². The molecule has 1 fully saturated rings. The van der Waals surface area contributed by atoms with Crippen LogP contribution in [-0.4, -0.2) is 22.7 Å². The zero-order valence-corrected chi connectivity index (χ0v) is 20.0. The number of nitrogens with two attached hydrogens (primary N) is 1. The number of allylic oxidation sites excluding steroid dienone is 1. The number of ether oxygens (including phenoxy) is 1. The van der Waals surface area contributed by atoms with E-state index in [0.717, 1.165) is 34.7 Å². The van der Waals surface area contributed by atoms with Gasteiger partial charge >= 0.3 is 5.97 Å². The molecule has 36 heavy (non-hydrogen) atoms. The van der Waals surface area contributed by atoms with Gasteiger partial charge in [0.1, 0.15) is 18.2 Å². The Bertz CT molecular complexity index is 1520. The van der Waals surface area contributed by atoms with E-state index in [0.29, 0.717) is 23.7 Å². The summed E-state index contributed by atoms with van der Waals surface area (Å²) in [6.45, 7) is 0.404. The quantitative estimate of drug-likeness (QED) is 0.336. The third-order valence-corrected chi connectivity index (χ3v) is 7.69. The van der Waals surface area contributed by atoms with Crippen LogP contribution in [0.5, 0.6) is 5.75 Å². The topological polar surface area (TPSA) is 85.4 Å². The van der Waals surface area contributed by atoms with Gasteiger partial charge < -0.3 is 15.6 Å². The van der Waals surface area contributed by atoms with Crippen LogP contribution in [0.4, 0.5) is 5.82 Å². The maximum Gasteiger partial charge on any atom is 0.307 e. The molecule has 0 radical (unpaired) electrons. The Morgan fingerprint density at radius 3 is 2.64 bits per heavy atom. The van der Waals surface area contributed by atoms with Gasteiger partial charge in [0.2, 0.25) is 0 Å². The van der Waals surface area contributed by atoms with Crippen molar-refractivity contribution < 1.29 is 14.6 Å². The van der Waals surface area contributed by atoms with E-state index < -0.39 is 5.97 Å². The molecule has 5 heteroatoms. The normalized spacial score (nSPS) is 15.7. The summed E-state index contributed by atoms with van der Waals surface area (Å²) in [6.07, 6.45) is 8.86. The summed E-state index contributed by atoms with van der Waals surface area (Å²) in [7, 11) is 0. The molecule has 2 aliphatic rings. The molecular formula is C31H28N2O3. The van der Waals surface area contributed by atoms with Crippen LogP contribution in [0.3, 0.4) is 0 Å². The number of aliphatic carboxylic acids is 1. The summed E-state index contributed by atoms with van der Waals surface area (Å²) in [5.74, 6) is 0.300. The van der Waals surface area contributed by atoms with E-state index in [1.165, 1.54) is 29.5 Å². The number of nitrogens with zero attached hydrogens (tertiary/aromatic N) is 1. The highest BCUT2D eigenvalue weighted by atomic mass is 16.5. The molecule has 0 amide bonds. The fraction of sp³-hybridized carbons (Fsp3) is 0.226. The number of fused-ring (bicyclic) bond motifs is 3. The summed E-state index contributed by atoms with van der Waals surface area (Å²) in [5, 5.41) is 11.3. The van der Waals surface area contributed by atoms with Gasteiger partial charge in [0, 0.05) is 22.6 Å². The number of para-hydroxylation sites is 1. The van der Waals surface area contributed by atoms with Crippen LogP contribution in [0, 0.1) is 0 Å². The second-order valence-electron chi connectivity index (χ2n) is 9.86. The Morgan fingerprint density at radius 2 is 1.81 bits per heavy atom. The first-order chi connectivity index (χ1) is 17.5. The van der Waals surface area contributed by atoms with Gasteiger partial charge in [-0.2, -0.15) is 0 Å². The molecule has 0 atom stereocenters. The fourth-order valence-corrected chi connectivity index (χ4v) is 6.03. The van der Waals surface area contributed by atoms with E-state index >= 15 is 0 Å². The first kappa shape index (κ1) is 22.4. The number of aromatic nitrogens is 1. The average molecular weight is 477 g/mol. The zero-order valence-electron chi connectivity index (χ0n) is 20.0. The van der Waals surface area contributed by atoms with Gasteiger partial charge in [0.15, 0.2) is 0 Å². The van der Waals surface area contributed by atoms with E-state index in [2.05, 4.69) is 35.3 Å². The summed E-state index contributed by atoms with van der Waals surface area (Å²) >= 11 is 0. The molecule has 0 saturated heterocycles. The van der Waals surface area contributed by atoms with E-state index in [1.54, 1.807) is 6.20 Å². The number of carbonyl (C=O) groups is 1. The van der Waals surface area contributed by atoms with Crippen LogP contribution in [0.25, 0.3) is 27.5 Å². The predicted octanol–water partition coefficient (Wildman–Crippen LogP) is 6.40. The minimum Gasteiger partial charge on any atom is -0.489 e. The Kier molecular flexibility index (Phi) is 5.48. The van der Waals surface area contributed by atoms with Crippen molar-refractivity contribution in [2.24, 2.45) is 0 Å². The largest absolute Gasteiger partial charge is 0.489 e. The molecule has 0 bridgehead atoms. The van der Waals surface area contributed by atoms with Crippen molar-refractivity contribution in [1.29, 1.82) is 0 Å². The summed E-state index contributed by atoms with van der Waals surface area (Å²) < 4.78 is 6.26. The highest BCUT2D eigenvalue weighted by Crippen LogP contribution is 2.51. The monoisotopic (exact) mass is 476 g/mol. The SMILES string of the molecule is Nc1nccc2c(-c3ccc4c(c3)C(COc3ccccc3CC(=O)O)=CC43CCCC3)cccc12. The lowest BCUT2D eigenvalue weighted by atomic mass is 9.80. The molecule has 1 aromatic heterocycles. The van der Waals surface area contributed by atoms with Crippen molar-refractivity contribution in [2.75, 3.05) is 12.3 Å². The van der Waals surface area contributed by atoms with Crippen molar-refractivity contribution in [3.8, 4) is 16.9 Å². The van der Waals surface area contributed by atoms with Crippen molar-refractivity contribution in [2.45, 2.75) is 37.5 Å².